The lowest BCUT2D eigenvalue weighted by atomic mass is 10.0. The van der Waals surface area contributed by atoms with E-state index in [1.54, 1.807) is 18.2 Å². The maximum atomic E-state index is 13.1. The Hall–Kier alpha value is -3.94. The molecule has 1 fully saturated rings. The highest BCUT2D eigenvalue weighted by Gasteiger charge is 2.35. The van der Waals surface area contributed by atoms with Crippen molar-refractivity contribution in [1.82, 2.24) is 14.8 Å². The molecule has 3 aromatic carbocycles. The highest BCUT2D eigenvalue weighted by molar-refractivity contribution is 7.92. The fraction of sp³-hybridized carbons (Fsp3) is 0.259. The van der Waals surface area contributed by atoms with Gasteiger partial charge in [-0.05, 0) is 61.1 Å². The molecule has 0 saturated carbocycles. The normalized spacial score (nSPS) is 15.4. The summed E-state index contributed by atoms with van der Waals surface area (Å²) < 4.78 is 55.3. The zero-order valence-electron chi connectivity index (χ0n) is 21.5. The molecule has 0 spiro atoms. The lowest BCUT2D eigenvalue weighted by molar-refractivity contribution is -0.122. The van der Waals surface area contributed by atoms with E-state index in [4.69, 9.17) is 0 Å². The number of aryl methyl sites for hydroxylation is 1. The first kappa shape index (κ1) is 29.1. The van der Waals surface area contributed by atoms with Crippen LogP contribution in [0.3, 0.4) is 0 Å². The van der Waals surface area contributed by atoms with Crippen LogP contribution >= 0.6 is 0 Å². The van der Waals surface area contributed by atoms with Crippen LogP contribution < -0.4 is 19.1 Å². The molecule has 212 valence electrons. The molecule has 13 heteroatoms. The summed E-state index contributed by atoms with van der Waals surface area (Å²) in [5.74, 6) is -1.72. The summed E-state index contributed by atoms with van der Waals surface area (Å²) in [5, 5.41) is 13.3. The van der Waals surface area contributed by atoms with Crippen LogP contribution in [0.25, 0.3) is 0 Å². The van der Waals surface area contributed by atoms with Crippen LogP contribution in [0, 0.1) is 0 Å². The second-order valence-electron chi connectivity index (χ2n) is 9.28. The molecule has 4 rings (SSSR count). The summed E-state index contributed by atoms with van der Waals surface area (Å²) in [6.45, 7) is -0.144. The molecular weight excluding hydrogens is 556 g/mol. The number of hydrogen-bond donors (Lipinski definition) is 4. The standard InChI is InChI=1S/C27H30N4O7S2/c32-25-18-21(14-15-24(25)31-19-26(33)30-40(31,37)38)17-23(29-39(35,36)22-12-5-2-6-13-22)27(34)28-16-8-7-11-20-9-3-1-4-10-20/h1-6,9-10,12-15,18,23,29,32H,7-8,11,16-17,19H2,(H,28,34)(H,30,33). The topological polar surface area (TPSA) is 162 Å². The molecule has 1 unspecified atom stereocenters. The molecule has 0 aromatic heterocycles. The second kappa shape index (κ2) is 12.5. The molecule has 1 atom stereocenters. The number of carbonyl (C=O) groups is 2. The van der Waals surface area contributed by atoms with Crippen LogP contribution in [-0.4, -0.2) is 52.9 Å². The first-order chi connectivity index (χ1) is 19.0. The zero-order valence-corrected chi connectivity index (χ0v) is 23.1. The monoisotopic (exact) mass is 586 g/mol. The average Bonchev–Trinajstić information content (AvgIpc) is 3.20. The van der Waals surface area contributed by atoms with Gasteiger partial charge in [0, 0.05) is 6.54 Å². The van der Waals surface area contributed by atoms with Gasteiger partial charge in [0.1, 0.15) is 18.3 Å². The van der Waals surface area contributed by atoms with Crippen LogP contribution in [0.5, 0.6) is 5.75 Å². The SMILES string of the molecule is O=C1CN(c2ccc(CC(NS(=O)(=O)c3ccccc3)C(=O)NCCCCc3ccccc3)cc2O)S(=O)(=O)N1. The second-order valence-corrected chi connectivity index (χ2v) is 12.6. The van der Waals surface area contributed by atoms with Crippen LogP contribution in [0.15, 0.2) is 83.8 Å². The molecule has 1 saturated heterocycles. The molecule has 1 aliphatic rings. The number of nitrogens with zero attached hydrogens (tertiary/aromatic N) is 1. The van der Waals surface area contributed by atoms with Gasteiger partial charge in [-0.15, -0.1) is 0 Å². The number of carbonyl (C=O) groups excluding carboxylic acids is 2. The van der Waals surface area contributed by atoms with E-state index in [-0.39, 0.29) is 17.0 Å². The summed E-state index contributed by atoms with van der Waals surface area (Å²) in [4.78, 5) is 24.7. The highest BCUT2D eigenvalue weighted by Crippen LogP contribution is 2.31. The Morgan fingerprint density at radius 1 is 0.975 bits per heavy atom. The Bertz CT molecular complexity index is 1560. The molecule has 40 heavy (non-hydrogen) atoms. The zero-order chi connectivity index (χ0) is 28.8. The number of rotatable bonds is 12. The Morgan fingerprint density at radius 2 is 1.65 bits per heavy atom. The molecule has 4 N–H and O–H groups in total. The van der Waals surface area contributed by atoms with E-state index >= 15 is 0 Å². The van der Waals surface area contributed by atoms with Crippen molar-refractivity contribution in [2.75, 3.05) is 17.4 Å². The third kappa shape index (κ3) is 7.37. The van der Waals surface area contributed by atoms with E-state index in [9.17, 15) is 31.5 Å². The predicted molar refractivity (Wildman–Crippen MR) is 149 cm³/mol. The van der Waals surface area contributed by atoms with Crippen LogP contribution in [0.4, 0.5) is 5.69 Å². The van der Waals surface area contributed by atoms with E-state index in [1.807, 2.05) is 35.1 Å². The highest BCUT2D eigenvalue weighted by atomic mass is 32.2. The Morgan fingerprint density at radius 3 is 2.27 bits per heavy atom. The summed E-state index contributed by atoms with van der Waals surface area (Å²) in [5.41, 5.74) is 1.44. The van der Waals surface area contributed by atoms with Gasteiger partial charge < -0.3 is 10.4 Å². The number of amides is 2. The van der Waals surface area contributed by atoms with Crippen molar-refractivity contribution in [3.63, 3.8) is 0 Å². The molecule has 0 bridgehead atoms. The van der Waals surface area contributed by atoms with Gasteiger partial charge in [-0.25, -0.2) is 17.4 Å². The quantitative estimate of drug-likeness (QED) is 0.234. The number of nitrogens with one attached hydrogen (secondary N) is 3. The number of phenols is 1. The molecule has 1 aliphatic heterocycles. The molecule has 0 aliphatic carbocycles. The van der Waals surface area contributed by atoms with Crippen molar-refractivity contribution in [2.24, 2.45) is 0 Å². The minimum atomic E-state index is -4.13. The van der Waals surface area contributed by atoms with Gasteiger partial charge in [-0.2, -0.15) is 13.1 Å². The third-order valence-electron chi connectivity index (χ3n) is 6.27. The van der Waals surface area contributed by atoms with E-state index in [1.165, 1.54) is 35.9 Å². The van der Waals surface area contributed by atoms with Gasteiger partial charge in [0.15, 0.2) is 0 Å². The van der Waals surface area contributed by atoms with Gasteiger partial charge in [0.2, 0.25) is 15.9 Å². The number of sulfonamides is 1. The molecule has 1 heterocycles. The van der Waals surface area contributed by atoms with Crippen molar-refractivity contribution in [3.8, 4) is 5.75 Å². The number of aromatic hydroxyl groups is 1. The van der Waals surface area contributed by atoms with E-state index in [2.05, 4.69) is 10.0 Å². The fourth-order valence-electron chi connectivity index (χ4n) is 4.28. The molecule has 11 nitrogen and oxygen atoms in total. The van der Waals surface area contributed by atoms with Crippen molar-refractivity contribution in [2.45, 2.75) is 36.6 Å². The van der Waals surface area contributed by atoms with Crippen molar-refractivity contribution < 1.29 is 31.5 Å². The number of phenolic OH excluding ortho intramolecular Hbond substituents is 1. The van der Waals surface area contributed by atoms with Crippen LogP contribution in [0.1, 0.15) is 24.0 Å². The van der Waals surface area contributed by atoms with Crippen LogP contribution in [-0.2, 0) is 42.7 Å². The summed E-state index contributed by atoms with van der Waals surface area (Å²) in [7, 11) is -8.19. The van der Waals surface area contributed by atoms with Crippen molar-refractivity contribution in [1.29, 1.82) is 0 Å². The molecule has 3 aromatic rings. The third-order valence-corrected chi connectivity index (χ3v) is 9.15. The summed E-state index contributed by atoms with van der Waals surface area (Å²) in [6, 6.07) is 20.3. The Balaban J connectivity index is 1.47. The van der Waals surface area contributed by atoms with Crippen LogP contribution in [0.2, 0.25) is 0 Å². The minimum Gasteiger partial charge on any atom is -0.506 e. The molecular formula is C27H30N4O7S2. The minimum absolute atomic E-state index is 0.00902. The van der Waals surface area contributed by atoms with E-state index in [0.29, 0.717) is 18.5 Å². The Kier molecular flexibility index (Phi) is 9.07. The van der Waals surface area contributed by atoms with Gasteiger partial charge in [0.25, 0.3) is 5.91 Å². The first-order valence-corrected chi connectivity index (χ1v) is 15.5. The number of anilines is 1. The lowest BCUT2D eigenvalue weighted by Crippen LogP contribution is -2.48. The molecule has 0 radical (unpaired) electrons. The molecule has 2 amide bonds. The van der Waals surface area contributed by atoms with E-state index < -0.39 is 50.4 Å². The Labute approximate surface area is 233 Å². The van der Waals surface area contributed by atoms with Gasteiger partial charge in [0.05, 0.1) is 10.6 Å². The van der Waals surface area contributed by atoms with Gasteiger partial charge in [-0.1, -0.05) is 54.6 Å². The number of benzene rings is 3. The maximum absolute atomic E-state index is 13.1. The number of unbranched alkanes of at least 4 members (excludes halogenated alkanes) is 1. The first-order valence-electron chi connectivity index (χ1n) is 12.6. The maximum Gasteiger partial charge on any atom is 0.326 e. The average molecular weight is 587 g/mol. The van der Waals surface area contributed by atoms with Crippen molar-refractivity contribution >= 4 is 37.7 Å². The smallest absolute Gasteiger partial charge is 0.326 e. The number of hydrogen-bond acceptors (Lipinski definition) is 7. The van der Waals surface area contributed by atoms with Gasteiger partial charge in [-0.3, -0.25) is 9.59 Å². The fourth-order valence-corrected chi connectivity index (χ4v) is 6.66. The summed E-state index contributed by atoms with van der Waals surface area (Å²) in [6.07, 6.45) is 2.24. The van der Waals surface area contributed by atoms with Gasteiger partial charge >= 0.3 is 10.2 Å². The van der Waals surface area contributed by atoms with E-state index in [0.717, 1.165) is 17.1 Å². The van der Waals surface area contributed by atoms with Crippen molar-refractivity contribution in [3.05, 3.63) is 90.0 Å². The predicted octanol–water partition coefficient (Wildman–Crippen LogP) is 1.60. The summed E-state index contributed by atoms with van der Waals surface area (Å²) >= 11 is 0. The largest absolute Gasteiger partial charge is 0.506 e. The lowest BCUT2D eigenvalue weighted by Gasteiger charge is -2.20.